The van der Waals surface area contributed by atoms with Crippen LogP contribution in [0.5, 0.6) is 5.75 Å². The van der Waals surface area contributed by atoms with E-state index in [2.05, 4.69) is 10.3 Å². The molecule has 0 aromatic carbocycles. The van der Waals surface area contributed by atoms with Gasteiger partial charge >= 0.3 is 0 Å². The van der Waals surface area contributed by atoms with E-state index in [0.717, 1.165) is 24.0 Å². The van der Waals surface area contributed by atoms with E-state index in [4.69, 9.17) is 4.74 Å². The summed E-state index contributed by atoms with van der Waals surface area (Å²) in [5, 5.41) is 3.04. The zero-order chi connectivity index (χ0) is 9.80. The summed E-state index contributed by atoms with van der Waals surface area (Å²) in [6, 6.07) is 1.97. The van der Waals surface area contributed by atoms with Gasteiger partial charge in [-0.15, -0.1) is 0 Å². The Balaban J connectivity index is 1.81. The molecule has 0 bridgehead atoms. The van der Waals surface area contributed by atoms with Gasteiger partial charge in [0.15, 0.2) is 0 Å². The highest BCUT2D eigenvalue weighted by Crippen LogP contribution is 2.32. The molecule has 0 radical (unpaired) electrons. The quantitative estimate of drug-likeness (QED) is 0.777. The standard InChI is InChI=1S/C11H16N2O/c1-12-10-6-11(8-13-7-10)14-5-4-9-2-3-9/h6-9,12H,2-5H2,1H3. The molecule has 1 heterocycles. The third-order valence-corrected chi connectivity index (χ3v) is 2.49. The molecule has 1 aliphatic rings. The number of rotatable bonds is 5. The van der Waals surface area contributed by atoms with Crippen LogP contribution in [-0.4, -0.2) is 18.6 Å². The van der Waals surface area contributed by atoms with Gasteiger partial charge in [-0.3, -0.25) is 4.98 Å². The second-order valence-corrected chi connectivity index (χ2v) is 3.74. The number of hydrogen-bond donors (Lipinski definition) is 1. The highest BCUT2D eigenvalue weighted by Gasteiger charge is 2.20. The van der Waals surface area contributed by atoms with Gasteiger partial charge in [0.2, 0.25) is 0 Å². The van der Waals surface area contributed by atoms with Gasteiger partial charge in [0.05, 0.1) is 24.7 Å². The minimum Gasteiger partial charge on any atom is -0.492 e. The molecule has 14 heavy (non-hydrogen) atoms. The molecule has 1 aromatic rings. The van der Waals surface area contributed by atoms with Crippen molar-refractivity contribution in [2.45, 2.75) is 19.3 Å². The highest BCUT2D eigenvalue weighted by atomic mass is 16.5. The average molecular weight is 192 g/mol. The van der Waals surface area contributed by atoms with E-state index in [-0.39, 0.29) is 0 Å². The number of ether oxygens (including phenoxy) is 1. The first kappa shape index (κ1) is 9.31. The molecular formula is C11H16N2O. The number of pyridine rings is 1. The first-order valence-electron chi connectivity index (χ1n) is 5.14. The minimum atomic E-state index is 0.819. The van der Waals surface area contributed by atoms with Crippen molar-refractivity contribution in [2.75, 3.05) is 19.0 Å². The van der Waals surface area contributed by atoms with Crippen molar-refractivity contribution in [1.82, 2.24) is 4.98 Å². The lowest BCUT2D eigenvalue weighted by atomic mass is 10.3. The minimum absolute atomic E-state index is 0.819. The van der Waals surface area contributed by atoms with Crippen LogP contribution in [0.3, 0.4) is 0 Å². The third-order valence-electron chi connectivity index (χ3n) is 2.49. The van der Waals surface area contributed by atoms with Crippen LogP contribution in [0.4, 0.5) is 5.69 Å². The molecule has 0 unspecified atom stereocenters. The predicted octanol–water partition coefficient (Wildman–Crippen LogP) is 2.30. The molecule has 2 rings (SSSR count). The monoisotopic (exact) mass is 192 g/mol. The van der Waals surface area contributed by atoms with Gasteiger partial charge in [-0.1, -0.05) is 12.8 Å². The SMILES string of the molecule is CNc1cncc(OCCC2CC2)c1. The molecule has 0 saturated heterocycles. The number of aromatic nitrogens is 1. The van der Waals surface area contributed by atoms with E-state index in [1.807, 2.05) is 13.1 Å². The Morgan fingerprint density at radius 3 is 3.07 bits per heavy atom. The van der Waals surface area contributed by atoms with Gasteiger partial charge in [0, 0.05) is 13.1 Å². The van der Waals surface area contributed by atoms with E-state index < -0.39 is 0 Å². The summed E-state index contributed by atoms with van der Waals surface area (Å²) in [6.07, 6.45) is 7.50. The van der Waals surface area contributed by atoms with Crippen molar-refractivity contribution in [2.24, 2.45) is 5.92 Å². The molecule has 1 fully saturated rings. The van der Waals surface area contributed by atoms with Crippen LogP contribution < -0.4 is 10.1 Å². The first-order valence-corrected chi connectivity index (χ1v) is 5.14. The lowest BCUT2D eigenvalue weighted by Gasteiger charge is -2.06. The van der Waals surface area contributed by atoms with Crippen LogP contribution in [0.2, 0.25) is 0 Å². The van der Waals surface area contributed by atoms with E-state index in [1.54, 1.807) is 12.4 Å². The maximum atomic E-state index is 5.60. The molecule has 0 amide bonds. The van der Waals surface area contributed by atoms with Crippen molar-refractivity contribution < 1.29 is 4.74 Å². The summed E-state index contributed by atoms with van der Waals surface area (Å²) in [5.74, 6) is 1.79. The number of anilines is 1. The normalized spacial score (nSPS) is 15.2. The second-order valence-electron chi connectivity index (χ2n) is 3.74. The molecular weight excluding hydrogens is 176 g/mol. The number of hydrogen-bond acceptors (Lipinski definition) is 3. The van der Waals surface area contributed by atoms with Crippen LogP contribution in [-0.2, 0) is 0 Å². The highest BCUT2D eigenvalue weighted by molar-refractivity contribution is 5.44. The number of nitrogens with zero attached hydrogens (tertiary/aromatic N) is 1. The van der Waals surface area contributed by atoms with Gasteiger partial charge in [0.25, 0.3) is 0 Å². The van der Waals surface area contributed by atoms with Gasteiger partial charge in [-0.05, 0) is 12.3 Å². The van der Waals surface area contributed by atoms with E-state index in [1.165, 1.54) is 19.3 Å². The fourth-order valence-electron chi connectivity index (χ4n) is 1.38. The van der Waals surface area contributed by atoms with Crippen molar-refractivity contribution >= 4 is 5.69 Å². The molecule has 1 aromatic heterocycles. The van der Waals surface area contributed by atoms with E-state index >= 15 is 0 Å². The topological polar surface area (TPSA) is 34.2 Å². The molecule has 0 spiro atoms. The summed E-state index contributed by atoms with van der Waals surface area (Å²) in [5.41, 5.74) is 0.994. The Labute approximate surface area is 84.5 Å². The molecule has 3 heteroatoms. The Kier molecular flexibility index (Phi) is 2.87. The van der Waals surface area contributed by atoms with Crippen molar-refractivity contribution in [1.29, 1.82) is 0 Å². The Hall–Kier alpha value is -1.25. The second kappa shape index (κ2) is 4.31. The van der Waals surface area contributed by atoms with Crippen LogP contribution in [0.15, 0.2) is 18.5 Å². The van der Waals surface area contributed by atoms with Crippen molar-refractivity contribution in [3.8, 4) is 5.75 Å². The van der Waals surface area contributed by atoms with E-state index in [9.17, 15) is 0 Å². The Morgan fingerprint density at radius 2 is 2.36 bits per heavy atom. The smallest absolute Gasteiger partial charge is 0.139 e. The molecule has 1 N–H and O–H groups in total. The summed E-state index contributed by atoms with van der Waals surface area (Å²) >= 11 is 0. The summed E-state index contributed by atoms with van der Waals surface area (Å²) < 4.78 is 5.60. The van der Waals surface area contributed by atoms with Crippen LogP contribution in [0, 0.1) is 5.92 Å². The zero-order valence-electron chi connectivity index (χ0n) is 8.49. The van der Waals surface area contributed by atoms with Gasteiger partial charge in [-0.2, -0.15) is 0 Å². The maximum Gasteiger partial charge on any atom is 0.139 e. The van der Waals surface area contributed by atoms with Gasteiger partial charge in [-0.25, -0.2) is 0 Å². The van der Waals surface area contributed by atoms with Gasteiger partial charge < -0.3 is 10.1 Å². The summed E-state index contributed by atoms with van der Waals surface area (Å²) in [7, 11) is 1.88. The molecule has 0 atom stereocenters. The van der Waals surface area contributed by atoms with Crippen LogP contribution in [0.25, 0.3) is 0 Å². The molecule has 1 aliphatic carbocycles. The third kappa shape index (κ3) is 2.62. The van der Waals surface area contributed by atoms with E-state index in [0.29, 0.717) is 0 Å². The summed E-state index contributed by atoms with van der Waals surface area (Å²) in [6.45, 7) is 0.819. The average Bonchev–Trinajstić information content (AvgIpc) is 3.02. The lowest BCUT2D eigenvalue weighted by molar-refractivity contribution is 0.301. The Bertz CT molecular complexity index is 297. The zero-order valence-corrected chi connectivity index (χ0v) is 8.49. The largest absolute Gasteiger partial charge is 0.492 e. The summed E-state index contributed by atoms with van der Waals surface area (Å²) in [4.78, 5) is 4.08. The van der Waals surface area contributed by atoms with Crippen molar-refractivity contribution in [3.63, 3.8) is 0 Å². The molecule has 1 saturated carbocycles. The number of nitrogens with one attached hydrogen (secondary N) is 1. The fraction of sp³-hybridized carbons (Fsp3) is 0.545. The van der Waals surface area contributed by atoms with Crippen LogP contribution in [0.1, 0.15) is 19.3 Å². The lowest BCUT2D eigenvalue weighted by Crippen LogP contribution is -1.99. The Morgan fingerprint density at radius 1 is 1.50 bits per heavy atom. The molecule has 76 valence electrons. The van der Waals surface area contributed by atoms with Gasteiger partial charge in [0.1, 0.15) is 5.75 Å². The van der Waals surface area contributed by atoms with Crippen molar-refractivity contribution in [3.05, 3.63) is 18.5 Å². The predicted molar refractivity (Wildman–Crippen MR) is 56.6 cm³/mol. The van der Waals surface area contributed by atoms with Crippen LogP contribution >= 0.6 is 0 Å². The molecule has 0 aliphatic heterocycles. The first-order chi connectivity index (χ1) is 6.88. The maximum absolute atomic E-state index is 5.60. The fourth-order valence-corrected chi connectivity index (χ4v) is 1.38. The molecule has 3 nitrogen and oxygen atoms in total.